The van der Waals surface area contributed by atoms with Crippen LogP contribution in [0.1, 0.15) is 36.1 Å². The first-order valence-electron chi connectivity index (χ1n) is 8.56. The lowest BCUT2D eigenvalue weighted by Gasteiger charge is -2.38. The van der Waals surface area contributed by atoms with Gasteiger partial charge in [0.25, 0.3) is 0 Å². The van der Waals surface area contributed by atoms with E-state index in [-0.39, 0.29) is 11.9 Å². The Labute approximate surface area is 143 Å². The van der Waals surface area contributed by atoms with Crippen molar-refractivity contribution in [2.75, 3.05) is 27.2 Å². The van der Waals surface area contributed by atoms with E-state index in [2.05, 4.69) is 28.2 Å². The molecular weight excluding hydrogens is 300 g/mol. The molecule has 1 aliphatic heterocycles. The molecular formula is C19H26N4O. The third-order valence-corrected chi connectivity index (χ3v) is 4.96. The van der Waals surface area contributed by atoms with Gasteiger partial charge in [-0.15, -0.1) is 0 Å². The van der Waals surface area contributed by atoms with Crippen LogP contribution in [0.15, 0.2) is 42.6 Å². The summed E-state index contributed by atoms with van der Waals surface area (Å²) in [7, 11) is 5.67. The molecule has 0 bridgehead atoms. The molecule has 0 radical (unpaired) electrons. The van der Waals surface area contributed by atoms with Gasteiger partial charge in [0.05, 0.1) is 0 Å². The topological polar surface area (TPSA) is 41.4 Å². The quantitative estimate of drug-likeness (QED) is 0.866. The Hall–Kier alpha value is -2.14. The summed E-state index contributed by atoms with van der Waals surface area (Å²) in [6.07, 6.45) is 3.98. The molecule has 0 unspecified atom stereocenters. The maximum absolute atomic E-state index is 12.8. The Morgan fingerprint density at radius 3 is 2.38 bits per heavy atom. The number of aromatic nitrogens is 2. The molecule has 3 rings (SSSR count). The SMILES string of the molecule is CN(C)C(=O)[C@H](c1ccccc1)N1CCC(c2ccnn2C)CC1. The molecule has 1 atom stereocenters. The molecule has 1 aliphatic rings. The molecule has 0 aliphatic carbocycles. The highest BCUT2D eigenvalue weighted by molar-refractivity contribution is 5.82. The van der Waals surface area contributed by atoms with E-state index in [1.54, 1.807) is 4.90 Å². The van der Waals surface area contributed by atoms with Gasteiger partial charge in [0.2, 0.25) is 5.91 Å². The highest BCUT2D eigenvalue weighted by Crippen LogP contribution is 2.32. The third kappa shape index (κ3) is 3.36. The zero-order chi connectivity index (χ0) is 17.1. The van der Waals surface area contributed by atoms with E-state index in [4.69, 9.17) is 0 Å². The Balaban J connectivity index is 1.76. The van der Waals surface area contributed by atoms with Crippen LogP contribution >= 0.6 is 0 Å². The van der Waals surface area contributed by atoms with Crippen molar-refractivity contribution in [3.05, 3.63) is 53.9 Å². The van der Waals surface area contributed by atoms with Gasteiger partial charge in [0.1, 0.15) is 6.04 Å². The normalized spacial score (nSPS) is 17.6. The zero-order valence-corrected chi connectivity index (χ0v) is 14.7. The van der Waals surface area contributed by atoms with Crippen molar-refractivity contribution < 1.29 is 4.79 Å². The number of hydrogen-bond donors (Lipinski definition) is 0. The number of likely N-dealkylation sites (N-methyl/N-ethyl adjacent to an activating group) is 1. The van der Waals surface area contributed by atoms with E-state index >= 15 is 0 Å². The summed E-state index contributed by atoms with van der Waals surface area (Å²) in [5.41, 5.74) is 2.38. The molecule has 5 heteroatoms. The fourth-order valence-electron chi connectivity index (χ4n) is 3.63. The summed E-state index contributed by atoms with van der Waals surface area (Å²) in [4.78, 5) is 16.8. The second kappa shape index (κ2) is 7.18. The van der Waals surface area contributed by atoms with Crippen LogP contribution in [-0.2, 0) is 11.8 Å². The minimum absolute atomic E-state index is 0.153. The van der Waals surface area contributed by atoms with Crippen molar-refractivity contribution in [2.24, 2.45) is 7.05 Å². The van der Waals surface area contributed by atoms with E-state index in [9.17, 15) is 4.79 Å². The smallest absolute Gasteiger partial charge is 0.244 e. The van der Waals surface area contributed by atoms with Gasteiger partial charge < -0.3 is 4.90 Å². The summed E-state index contributed by atoms with van der Waals surface area (Å²) in [6, 6.07) is 12.0. The molecule has 1 fully saturated rings. The predicted molar refractivity (Wildman–Crippen MR) is 94.6 cm³/mol. The minimum atomic E-state index is -0.186. The fraction of sp³-hybridized carbons (Fsp3) is 0.474. The van der Waals surface area contributed by atoms with E-state index in [1.807, 2.05) is 50.2 Å². The lowest BCUT2D eigenvalue weighted by molar-refractivity contribution is -0.135. The fourth-order valence-corrected chi connectivity index (χ4v) is 3.63. The number of hydrogen-bond acceptors (Lipinski definition) is 3. The van der Waals surface area contributed by atoms with Gasteiger partial charge in [0, 0.05) is 39.0 Å². The van der Waals surface area contributed by atoms with Gasteiger partial charge in [-0.1, -0.05) is 30.3 Å². The van der Waals surface area contributed by atoms with Gasteiger partial charge in [-0.2, -0.15) is 5.10 Å². The zero-order valence-electron chi connectivity index (χ0n) is 14.7. The molecule has 0 saturated carbocycles. The van der Waals surface area contributed by atoms with Crippen LogP contribution in [0.2, 0.25) is 0 Å². The number of aryl methyl sites for hydroxylation is 1. The van der Waals surface area contributed by atoms with Crippen LogP contribution in [0, 0.1) is 0 Å². The van der Waals surface area contributed by atoms with Crippen LogP contribution < -0.4 is 0 Å². The largest absolute Gasteiger partial charge is 0.347 e. The van der Waals surface area contributed by atoms with Crippen molar-refractivity contribution in [2.45, 2.75) is 24.8 Å². The Kier molecular flexibility index (Phi) is 5.00. The maximum Gasteiger partial charge on any atom is 0.244 e. The summed E-state index contributed by atoms with van der Waals surface area (Å²) < 4.78 is 1.97. The standard InChI is InChI=1S/C19H26N4O/c1-21(2)19(24)18(16-7-5-4-6-8-16)23-13-10-15(11-14-23)17-9-12-20-22(17)3/h4-9,12,15,18H,10-11,13-14H2,1-3H3/t18-/m0/s1. The molecule has 2 heterocycles. The Bertz CT molecular complexity index is 672. The van der Waals surface area contributed by atoms with Crippen LogP contribution in [0.4, 0.5) is 0 Å². The van der Waals surface area contributed by atoms with Crippen LogP contribution in [0.5, 0.6) is 0 Å². The monoisotopic (exact) mass is 326 g/mol. The Morgan fingerprint density at radius 2 is 1.83 bits per heavy atom. The number of likely N-dealkylation sites (tertiary alicyclic amines) is 1. The number of nitrogens with zero attached hydrogens (tertiary/aromatic N) is 4. The average molecular weight is 326 g/mol. The first-order valence-corrected chi connectivity index (χ1v) is 8.56. The van der Waals surface area contributed by atoms with Gasteiger partial charge in [-0.05, 0) is 37.6 Å². The number of rotatable bonds is 4. The highest BCUT2D eigenvalue weighted by atomic mass is 16.2. The minimum Gasteiger partial charge on any atom is -0.347 e. The van der Waals surface area contributed by atoms with Gasteiger partial charge in [0.15, 0.2) is 0 Å². The summed E-state index contributed by atoms with van der Waals surface area (Å²) in [5, 5.41) is 4.29. The number of benzene rings is 1. The molecule has 24 heavy (non-hydrogen) atoms. The molecule has 1 amide bonds. The van der Waals surface area contributed by atoms with Crippen LogP contribution in [0.3, 0.4) is 0 Å². The third-order valence-electron chi connectivity index (χ3n) is 4.96. The van der Waals surface area contributed by atoms with Crippen molar-refractivity contribution in [3.63, 3.8) is 0 Å². The summed E-state index contributed by atoms with van der Waals surface area (Å²) >= 11 is 0. The van der Waals surface area contributed by atoms with Crippen molar-refractivity contribution in [1.29, 1.82) is 0 Å². The number of carbonyl (C=O) groups is 1. The van der Waals surface area contributed by atoms with E-state index in [0.29, 0.717) is 5.92 Å². The Morgan fingerprint density at radius 1 is 1.17 bits per heavy atom. The first-order chi connectivity index (χ1) is 11.6. The van der Waals surface area contributed by atoms with Crippen molar-refractivity contribution >= 4 is 5.91 Å². The van der Waals surface area contributed by atoms with E-state index < -0.39 is 0 Å². The second-order valence-corrected chi connectivity index (χ2v) is 6.74. The lowest BCUT2D eigenvalue weighted by Crippen LogP contribution is -2.43. The molecule has 0 N–H and O–H groups in total. The number of carbonyl (C=O) groups excluding carboxylic acids is 1. The van der Waals surface area contributed by atoms with Gasteiger partial charge >= 0.3 is 0 Å². The van der Waals surface area contributed by atoms with E-state index in [1.165, 1.54) is 5.69 Å². The molecule has 128 valence electrons. The molecule has 1 saturated heterocycles. The van der Waals surface area contributed by atoms with Gasteiger partial charge in [-0.25, -0.2) is 0 Å². The van der Waals surface area contributed by atoms with Crippen LogP contribution in [-0.4, -0.2) is 52.7 Å². The molecule has 2 aromatic rings. The first kappa shape index (κ1) is 16.7. The molecule has 0 spiro atoms. The number of amides is 1. The van der Waals surface area contributed by atoms with Crippen molar-refractivity contribution in [3.8, 4) is 0 Å². The molecule has 5 nitrogen and oxygen atoms in total. The highest BCUT2D eigenvalue weighted by Gasteiger charge is 2.32. The average Bonchev–Trinajstić information content (AvgIpc) is 3.02. The second-order valence-electron chi connectivity index (χ2n) is 6.74. The lowest BCUT2D eigenvalue weighted by atomic mass is 9.91. The summed E-state index contributed by atoms with van der Waals surface area (Å²) in [6.45, 7) is 1.85. The molecule has 1 aromatic heterocycles. The summed E-state index contributed by atoms with van der Waals surface area (Å²) in [5.74, 6) is 0.680. The van der Waals surface area contributed by atoms with Gasteiger partial charge in [-0.3, -0.25) is 14.4 Å². The predicted octanol–water partition coefficient (Wildman–Crippen LogP) is 2.43. The van der Waals surface area contributed by atoms with Crippen molar-refractivity contribution in [1.82, 2.24) is 19.6 Å². The maximum atomic E-state index is 12.8. The van der Waals surface area contributed by atoms with Crippen LogP contribution in [0.25, 0.3) is 0 Å². The number of piperidine rings is 1. The van der Waals surface area contributed by atoms with E-state index in [0.717, 1.165) is 31.5 Å². The molecule has 1 aromatic carbocycles.